The van der Waals surface area contributed by atoms with Gasteiger partial charge in [-0.2, -0.15) is 0 Å². The third-order valence-corrected chi connectivity index (χ3v) is 6.08. The summed E-state index contributed by atoms with van der Waals surface area (Å²) >= 11 is 0. The highest BCUT2D eigenvalue weighted by Crippen LogP contribution is 2.30. The predicted molar refractivity (Wildman–Crippen MR) is 119 cm³/mol. The van der Waals surface area contributed by atoms with Gasteiger partial charge in [0, 0.05) is 19.0 Å². The number of rotatable bonds is 2. The van der Waals surface area contributed by atoms with Crippen molar-refractivity contribution >= 4 is 22.4 Å². The molecule has 0 aliphatic heterocycles. The maximum atomic E-state index is 13.5. The van der Waals surface area contributed by atoms with Gasteiger partial charge >= 0.3 is 5.69 Å². The number of ketones is 1. The number of Topliss-reactive ketones (excluding diaryl/α,β-unsaturated/α-hetero) is 1. The Hall–Kier alpha value is -3.45. The molecule has 0 saturated heterocycles. The predicted octanol–water partition coefficient (Wildman–Crippen LogP) is 2.69. The third kappa shape index (κ3) is 3.21. The van der Waals surface area contributed by atoms with Gasteiger partial charge in [-0.15, -0.1) is 0 Å². The molecule has 0 amide bonds. The van der Waals surface area contributed by atoms with Crippen LogP contribution in [0.3, 0.4) is 0 Å². The number of para-hydroxylation sites is 1. The van der Waals surface area contributed by atoms with E-state index in [1.54, 1.807) is 38.2 Å². The molecule has 1 aliphatic rings. The van der Waals surface area contributed by atoms with Crippen LogP contribution in [0.1, 0.15) is 36.0 Å². The maximum absolute atomic E-state index is 13.5. The fourth-order valence-electron chi connectivity index (χ4n) is 4.34. The number of aryl methyl sites for hydroxylation is 3. The van der Waals surface area contributed by atoms with E-state index in [4.69, 9.17) is 0 Å². The van der Waals surface area contributed by atoms with E-state index in [9.17, 15) is 24.6 Å². The molecule has 2 aromatic carbocycles. The Morgan fingerprint density at radius 2 is 1.77 bits per heavy atom. The molecule has 1 heterocycles. The van der Waals surface area contributed by atoms with Crippen LogP contribution in [0.4, 0.5) is 0 Å². The van der Waals surface area contributed by atoms with Gasteiger partial charge in [0.2, 0.25) is 0 Å². The van der Waals surface area contributed by atoms with Gasteiger partial charge in [-0.1, -0.05) is 18.2 Å². The van der Waals surface area contributed by atoms with Crippen LogP contribution in [0.5, 0.6) is 0 Å². The van der Waals surface area contributed by atoms with Crippen molar-refractivity contribution < 1.29 is 15.0 Å². The van der Waals surface area contributed by atoms with Gasteiger partial charge in [0.05, 0.1) is 28.3 Å². The second kappa shape index (κ2) is 7.67. The van der Waals surface area contributed by atoms with E-state index in [0.29, 0.717) is 35.2 Å². The minimum atomic E-state index is -1.04. The number of aromatic nitrogens is 2. The SMILES string of the molecule is Cc1ccccc1-n1c(=O)c2c(C)c(/C(O)=C3/C(=O)CCCC3O)ccc2n(C)c1=O. The molecule has 0 bridgehead atoms. The highest BCUT2D eigenvalue weighted by Gasteiger charge is 2.29. The zero-order valence-electron chi connectivity index (χ0n) is 17.7. The second-order valence-corrected chi connectivity index (χ2v) is 7.99. The summed E-state index contributed by atoms with van der Waals surface area (Å²) in [5.74, 6) is -0.610. The van der Waals surface area contributed by atoms with Gasteiger partial charge in [-0.05, 0) is 56.0 Å². The Morgan fingerprint density at radius 1 is 1.06 bits per heavy atom. The lowest BCUT2D eigenvalue weighted by Gasteiger charge is -2.22. The molecule has 160 valence electrons. The first-order valence-corrected chi connectivity index (χ1v) is 10.2. The number of hydrogen-bond acceptors (Lipinski definition) is 5. The molecule has 1 atom stereocenters. The van der Waals surface area contributed by atoms with Crippen LogP contribution in [0.25, 0.3) is 22.3 Å². The van der Waals surface area contributed by atoms with Crippen molar-refractivity contribution in [3.63, 3.8) is 0 Å². The lowest BCUT2D eigenvalue weighted by Crippen LogP contribution is -2.38. The number of hydrogen-bond donors (Lipinski definition) is 2. The first-order valence-electron chi connectivity index (χ1n) is 10.2. The van der Waals surface area contributed by atoms with Crippen LogP contribution >= 0.6 is 0 Å². The van der Waals surface area contributed by atoms with Crippen LogP contribution in [0, 0.1) is 13.8 Å². The van der Waals surface area contributed by atoms with Crippen molar-refractivity contribution in [2.75, 3.05) is 0 Å². The molecule has 7 nitrogen and oxygen atoms in total. The number of carbonyl (C=O) groups excluding carboxylic acids is 1. The van der Waals surface area contributed by atoms with Crippen LogP contribution in [-0.2, 0) is 11.8 Å². The van der Waals surface area contributed by atoms with Crippen molar-refractivity contribution in [2.45, 2.75) is 39.2 Å². The summed E-state index contributed by atoms with van der Waals surface area (Å²) in [5, 5.41) is 21.4. The third-order valence-electron chi connectivity index (χ3n) is 6.08. The molecule has 1 aliphatic carbocycles. The van der Waals surface area contributed by atoms with Crippen LogP contribution in [0.2, 0.25) is 0 Å². The fraction of sp³-hybridized carbons (Fsp3) is 0.292. The second-order valence-electron chi connectivity index (χ2n) is 7.99. The number of aliphatic hydroxyl groups excluding tert-OH is 2. The number of fused-ring (bicyclic) bond motifs is 1. The van der Waals surface area contributed by atoms with Crippen LogP contribution in [0.15, 0.2) is 51.6 Å². The van der Waals surface area contributed by atoms with Gasteiger partial charge in [-0.3, -0.25) is 14.2 Å². The Morgan fingerprint density at radius 3 is 2.45 bits per heavy atom. The van der Waals surface area contributed by atoms with E-state index in [-0.39, 0.29) is 28.9 Å². The summed E-state index contributed by atoms with van der Waals surface area (Å²) in [7, 11) is 1.59. The quantitative estimate of drug-likeness (QED) is 0.490. The molecule has 0 spiro atoms. The van der Waals surface area contributed by atoms with E-state index in [0.717, 1.165) is 10.1 Å². The number of carbonyl (C=O) groups is 1. The van der Waals surface area contributed by atoms with E-state index in [1.165, 1.54) is 4.57 Å². The van der Waals surface area contributed by atoms with Crippen molar-refractivity contribution in [3.8, 4) is 5.69 Å². The molecular weight excluding hydrogens is 396 g/mol. The van der Waals surface area contributed by atoms with Crippen molar-refractivity contribution in [1.29, 1.82) is 0 Å². The molecule has 4 rings (SSSR count). The molecule has 2 N–H and O–H groups in total. The van der Waals surface area contributed by atoms with E-state index < -0.39 is 17.4 Å². The Bertz CT molecular complexity index is 1380. The molecular formula is C24H24N2O5. The fourth-order valence-corrected chi connectivity index (χ4v) is 4.34. The first kappa shape index (κ1) is 20.8. The summed E-state index contributed by atoms with van der Waals surface area (Å²) in [6.45, 7) is 3.49. The van der Waals surface area contributed by atoms with Crippen molar-refractivity contribution in [2.24, 2.45) is 7.05 Å². The van der Waals surface area contributed by atoms with E-state index in [1.807, 2.05) is 19.1 Å². The van der Waals surface area contributed by atoms with Crippen molar-refractivity contribution in [3.05, 3.63) is 79.5 Å². The summed E-state index contributed by atoms with van der Waals surface area (Å²) in [4.78, 5) is 38.8. The molecule has 7 heteroatoms. The lowest BCUT2D eigenvalue weighted by atomic mass is 9.87. The largest absolute Gasteiger partial charge is 0.507 e. The first-order chi connectivity index (χ1) is 14.7. The Kier molecular flexibility index (Phi) is 5.15. The molecule has 1 unspecified atom stereocenters. The average molecular weight is 420 g/mol. The molecule has 0 radical (unpaired) electrons. The van der Waals surface area contributed by atoms with E-state index >= 15 is 0 Å². The monoisotopic (exact) mass is 420 g/mol. The summed E-state index contributed by atoms with van der Waals surface area (Å²) in [6.07, 6.45) is 0.181. The standard InChI is InChI=1S/C24H24N2O5/c1-13-7-4-5-8-16(13)26-23(30)20-14(2)15(11-12-17(20)25(3)24(26)31)22(29)21-18(27)9-6-10-19(21)28/h4-5,7-8,11-12,18,27,29H,6,9-10H2,1-3H3/b22-21-. The highest BCUT2D eigenvalue weighted by atomic mass is 16.3. The molecule has 31 heavy (non-hydrogen) atoms. The summed E-state index contributed by atoms with van der Waals surface area (Å²) < 4.78 is 2.52. The van der Waals surface area contributed by atoms with Gasteiger partial charge in [0.1, 0.15) is 5.76 Å². The zero-order valence-corrected chi connectivity index (χ0v) is 17.7. The van der Waals surface area contributed by atoms with Crippen LogP contribution < -0.4 is 11.2 Å². The molecule has 3 aromatic rings. The topological polar surface area (TPSA) is 102 Å². The number of benzene rings is 2. The van der Waals surface area contributed by atoms with Gasteiger partial charge in [-0.25, -0.2) is 9.36 Å². The normalized spacial score (nSPS) is 18.5. The summed E-state index contributed by atoms with van der Waals surface area (Å²) in [5.41, 5.74) is 1.43. The smallest absolute Gasteiger partial charge is 0.335 e. The van der Waals surface area contributed by atoms with Crippen LogP contribution in [-0.4, -0.2) is 31.2 Å². The molecule has 1 aromatic heterocycles. The van der Waals surface area contributed by atoms with E-state index in [2.05, 4.69) is 0 Å². The Balaban J connectivity index is 2.07. The minimum absolute atomic E-state index is 0.0160. The molecule has 1 saturated carbocycles. The lowest BCUT2D eigenvalue weighted by molar-refractivity contribution is -0.117. The van der Waals surface area contributed by atoms with Gasteiger partial charge < -0.3 is 10.2 Å². The Labute approximate surface area is 178 Å². The summed E-state index contributed by atoms with van der Waals surface area (Å²) in [6, 6.07) is 10.3. The number of nitrogens with zero attached hydrogens (tertiary/aromatic N) is 2. The number of aliphatic hydroxyl groups is 2. The highest BCUT2D eigenvalue weighted by molar-refractivity contribution is 6.03. The van der Waals surface area contributed by atoms with Gasteiger partial charge in [0.15, 0.2) is 5.78 Å². The molecule has 1 fully saturated rings. The maximum Gasteiger partial charge on any atom is 0.335 e. The van der Waals surface area contributed by atoms with Gasteiger partial charge in [0.25, 0.3) is 5.56 Å². The average Bonchev–Trinajstić information content (AvgIpc) is 2.73. The zero-order chi connectivity index (χ0) is 22.4. The van der Waals surface area contributed by atoms with Crippen molar-refractivity contribution in [1.82, 2.24) is 9.13 Å². The minimum Gasteiger partial charge on any atom is -0.507 e.